The van der Waals surface area contributed by atoms with Crippen LogP contribution in [0.25, 0.3) is 0 Å². The lowest BCUT2D eigenvalue weighted by atomic mass is 10.0. The molecule has 1 unspecified atom stereocenters. The number of nitrogens with two attached hydrogens (primary N) is 1. The molecule has 1 aromatic rings. The van der Waals surface area contributed by atoms with Crippen molar-refractivity contribution < 1.29 is 0 Å². The Balaban J connectivity index is 1.88. The first-order valence-electron chi connectivity index (χ1n) is 6.12. The normalized spacial score (nSPS) is 12.9. The highest BCUT2D eigenvalue weighted by molar-refractivity contribution is 7.09. The topological polar surface area (TPSA) is 50.9 Å². The largest absolute Gasteiger partial charge is 0.330 e. The lowest BCUT2D eigenvalue weighted by Crippen LogP contribution is -2.19. The molecule has 0 bridgehead atoms. The average Bonchev–Trinajstić information content (AvgIpc) is 2.76. The minimum atomic E-state index is 0.769. The third-order valence-electron chi connectivity index (χ3n) is 2.71. The van der Waals surface area contributed by atoms with Crippen LogP contribution in [-0.4, -0.2) is 24.6 Å². The minimum absolute atomic E-state index is 0.769. The van der Waals surface area contributed by atoms with Gasteiger partial charge in [-0.1, -0.05) is 6.92 Å². The molecular formula is C12H23N3S. The fourth-order valence-corrected chi connectivity index (χ4v) is 2.32. The highest BCUT2D eigenvalue weighted by atomic mass is 32.1. The lowest BCUT2D eigenvalue weighted by molar-refractivity contribution is 0.469. The van der Waals surface area contributed by atoms with Crippen LogP contribution in [0, 0.1) is 5.92 Å². The predicted octanol–water partition coefficient (Wildman–Crippen LogP) is 2.04. The second-order valence-corrected chi connectivity index (χ2v) is 5.23. The lowest BCUT2D eigenvalue weighted by Gasteiger charge is -2.09. The fourth-order valence-electron chi connectivity index (χ4n) is 1.70. The summed E-state index contributed by atoms with van der Waals surface area (Å²) in [6.07, 6.45) is 6.60. The van der Waals surface area contributed by atoms with E-state index in [2.05, 4.69) is 17.2 Å². The highest BCUT2D eigenvalue weighted by Crippen LogP contribution is 2.08. The molecule has 16 heavy (non-hydrogen) atoms. The van der Waals surface area contributed by atoms with Gasteiger partial charge in [0.05, 0.1) is 5.01 Å². The van der Waals surface area contributed by atoms with Gasteiger partial charge in [0, 0.05) is 24.5 Å². The van der Waals surface area contributed by atoms with E-state index in [0.29, 0.717) is 0 Å². The van der Waals surface area contributed by atoms with Crippen LogP contribution < -0.4 is 11.1 Å². The second-order valence-electron chi connectivity index (χ2n) is 4.25. The summed E-state index contributed by atoms with van der Waals surface area (Å²) < 4.78 is 0. The van der Waals surface area contributed by atoms with Crippen molar-refractivity contribution in [2.75, 3.05) is 19.6 Å². The fraction of sp³-hybridized carbons (Fsp3) is 0.750. The first kappa shape index (κ1) is 13.6. The number of hydrogen-bond donors (Lipinski definition) is 2. The van der Waals surface area contributed by atoms with E-state index in [-0.39, 0.29) is 0 Å². The first-order valence-corrected chi connectivity index (χ1v) is 7.00. The molecule has 0 aliphatic heterocycles. The molecule has 1 rings (SSSR count). The Hall–Kier alpha value is -0.450. The van der Waals surface area contributed by atoms with Gasteiger partial charge in [0.25, 0.3) is 0 Å². The molecule has 0 spiro atoms. The van der Waals surface area contributed by atoms with E-state index in [1.807, 2.05) is 11.6 Å². The van der Waals surface area contributed by atoms with E-state index in [0.717, 1.165) is 38.4 Å². The summed E-state index contributed by atoms with van der Waals surface area (Å²) in [5, 5.41) is 6.71. The molecule has 92 valence electrons. The molecule has 0 fully saturated rings. The number of thiazole rings is 1. The molecule has 0 aromatic carbocycles. The van der Waals surface area contributed by atoms with Gasteiger partial charge in [-0.3, -0.25) is 0 Å². The molecule has 3 N–H and O–H groups in total. The van der Waals surface area contributed by atoms with Crippen LogP contribution in [0.2, 0.25) is 0 Å². The molecule has 4 heteroatoms. The van der Waals surface area contributed by atoms with Crippen molar-refractivity contribution in [1.82, 2.24) is 10.3 Å². The summed E-state index contributed by atoms with van der Waals surface area (Å²) in [6, 6.07) is 0. The number of nitrogens with zero attached hydrogens (tertiary/aromatic N) is 1. The van der Waals surface area contributed by atoms with E-state index < -0.39 is 0 Å². The summed E-state index contributed by atoms with van der Waals surface area (Å²) in [4.78, 5) is 4.25. The van der Waals surface area contributed by atoms with Gasteiger partial charge in [-0.15, -0.1) is 11.3 Å². The Bertz CT molecular complexity index is 249. The maximum Gasteiger partial charge on any atom is 0.0937 e. The standard InChI is InChI=1S/C12H23N3S/c1-11(4-6-13)3-2-7-14-8-5-12-15-9-10-16-12/h9-11,14H,2-8,13H2,1H3. The summed E-state index contributed by atoms with van der Waals surface area (Å²) >= 11 is 1.73. The van der Waals surface area contributed by atoms with Crippen molar-refractivity contribution in [3.63, 3.8) is 0 Å². The van der Waals surface area contributed by atoms with Gasteiger partial charge < -0.3 is 11.1 Å². The molecule has 3 nitrogen and oxygen atoms in total. The number of aromatic nitrogens is 1. The molecule has 0 aliphatic carbocycles. The van der Waals surface area contributed by atoms with Crippen LogP contribution in [0.5, 0.6) is 0 Å². The zero-order valence-corrected chi connectivity index (χ0v) is 10.9. The molecule has 0 radical (unpaired) electrons. The third kappa shape index (κ3) is 6.20. The zero-order chi connectivity index (χ0) is 11.6. The van der Waals surface area contributed by atoms with Gasteiger partial charge in [-0.05, 0) is 38.3 Å². The minimum Gasteiger partial charge on any atom is -0.330 e. The molecule has 1 atom stereocenters. The van der Waals surface area contributed by atoms with Crippen molar-refractivity contribution in [3.8, 4) is 0 Å². The number of hydrogen-bond acceptors (Lipinski definition) is 4. The van der Waals surface area contributed by atoms with Crippen LogP contribution >= 0.6 is 11.3 Å². The maximum atomic E-state index is 5.51. The number of nitrogens with one attached hydrogen (secondary N) is 1. The summed E-state index contributed by atoms with van der Waals surface area (Å²) in [6.45, 7) is 5.25. The Morgan fingerprint density at radius 2 is 2.31 bits per heavy atom. The van der Waals surface area contributed by atoms with Gasteiger partial charge in [0.2, 0.25) is 0 Å². The smallest absolute Gasteiger partial charge is 0.0937 e. The second kappa shape index (κ2) is 8.67. The predicted molar refractivity (Wildman–Crippen MR) is 70.8 cm³/mol. The van der Waals surface area contributed by atoms with Crippen molar-refractivity contribution in [1.29, 1.82) is 0 Å². The average molecular weight is 241 g/mol. The van der Waals surface area contributed by atoms with E-state index in [4.69, 9.17) is 5.73 Å². The maximum absolute atomic E-state index is 5.51. The highest BCUT2D eigenvalue weighted by Gasteiger charge is 2.00. The van der Waals surface area contributed by atoms with Crippen LogP contribution in [-0.2, 0) is 6.42 Å². The molecule has 0 aliphatic rings. The Kier molecular flexibility index (Phi) is 7.38. The SMILES string of the molecule is CC(CCN)CCCNCCc1nccs1. The van der Waals surface area contributed by atoms with E-state index in [1.165, 1.54) is 17.8 Å². The summed E-state index contributed by atoms with van der Waals surface area (Å²) in [5.74, 6) is 0.769. The van der Waals surface area contributed by atoms with Crippen molar-refractivity contribution in [2.24, 2.45) is 11.7 Å². The molecule has 1 heterocycles. The van der Waals surface area contributed by atoms with Gasteiger partial charge in [0.15, 0.2) is 0 Å². The first-order chi connectivity index (χ1) is 7.83. The van der Waals surface area contributed by atoms with Crippen LogP contribution in [0.1, 0.15) is 31.2 Å². The summed E-state index contributed by atoms with van der Waals surface area (Å²) in [5.41, 5.74) is 5.51. The van der Waals surface area contributed by atoms with Crippen LogP contribution in [0.3, 0.4) is 0 Å². The van der Waals surface area contributed by atoms with Gasteiger partial charge in [-0.2, -0.15) is 0 Å². The van der Waals surface area contributed by atoms with E-state index >= 15 is 0 Å². The Morgan fingerprint density at radius 1 is 1.44 bits per heavy atom. The Morgan fingerprint density at radius 3 is 3.00 bits per heavy atom. The Labute approximate surface area is 102 Å². The van der Waals surface area contributed by atoms with Crippen molar-refractivity contribution >= 4 is 11.3 Å². The number of rotatable bonds is 9. The monoisotopic (exact) mass is 241 g/mol. The third-order valence-corrected chi connectivity index (χ3v) is 3.55. The van der Waals surface area contributed by atoms with Crippen molar-refractivity contribution in [2.45, 2.75) is 32.6 Å². The van der Waals surface area contributed by atoms with E-state index in [9.17, 15) is 0 Å². The van der Waals surface area contributed by atoms with E-state index in [1.54, 1.807) is 11.3 Å². The van der Waals surface area contributed by atoms with Crippen LogP contribution in [0.15, 0.2) is 11.6 Å². The molecule has 0 saturated carbocycles. The molecule has 1 aromatic heterocycles. The molecule has 0 saturated heterocycles. The van der Waals surface area contributed by atoms with Gasteiger partial charge in [-0.25, -0.2) is 4.98 Å². The molecule has 0 amide bonds. The van der Waals surface area contributed by atoms with Crippen LogP contribution in [0.4, 0.5) is 0 Å². The molecular weight excluding hydrogens is 218 g/mol. The summed E-state index contributed by atoms with van der Waals surface area (Å²) in [7, 11) is 0. The quantitative estimate of drug-likeness (QED) is 0.651. The van der Waals surface area contributed by atoms with Crippen molar-refractivity contribution in [3.05, 3.63) is 16.6 Å². The van der Waals surface area contributed by atoms with Gasteiger partial charge in [0.1, 0.15) is 0 Å². The zero-order valence-electron chi connectivity index (χ0n) is 10.1. The van der Waals surface area contributed by atoms with Gasteiger partial charge >= 0.3 is 0 Å².